The summed E-state index contributed by atoms with van der Waals surface area (Å²) >= 11 is 0. The third kappa shape index (κ3) is 4.59. The smallest absolute Gasteiger partial charge is 0.259 e. The van der Waals surface area contributed by atoms with Crippen molar-refractivity contribution in [2.45, 2.75) is 32.9 Å². The predicted octanol–water partition coefficient (Wildman–Crippen LogP) is 3.61. The lowest BCUT2D eigenvalue weighted by atomic mass is 10.1. The molecule has 6 heterocycles. The number of nitrogens with zero attached hydrogens (tertiary/aromatic N) is 7. The maximum Gasteiger partial charge on any atom is 0.259 e. The Morgan fingerprint density at radius 2 is 1.84 bits per heavy atom. The third-order valence-corrected chi connectivity index (χ3v) is 6.34. The molecule has 0 saturated carbocycles. The zero-order valence-corrected chi connectivity index (χ0v) is 21.3. The second-order valence-corrected chi connectivity index (χ2v) is 9.57. The Kier molecular flexibility index (Phi) is 6.04. The van der Waals surface area contributed by atoms with Gasteiger partial charge in [0.2, 0.25) is 0 Å². The number of hydrogen-bond acceptors (Lipinski definition) is 9. The van der Waals surface area contributed by atoms with E-state index in [-0.39, 0.29) is 5.91 Å². The third-order valence-electron chi connectivity index (χ3n) is 6.34. The Balaban J connectivity index is 1.34. The van der Waals surface area contributed by atoms with Gasteiger partial charge in [-0.2, -0.15) is 0 Å². The van der Waals surface area contributed by atoms with Crippen LogP contribution in [0.5, 0.6) is 11.5 Å². The summed E-state index contributed by atoms with van der Waals surface area (Å²) in [6.07, 6.45) is 11.8. The molecule has 38 heavy (non-hydrogen) atoms. The zero-order chi connectivity index (χ0) is 26.2. The van der Waals surface area contributed by atoms with E-state index in [1.807, 2.05) is 23.6 Å². The molecule has 1 aliphatic heterocycles. The van der Waals surface area contributed by atoms with E-state index < -0.39 is 0 Å². The number of pyridine rings is 3. The van der Waals surface area contributed by atoms with Crippen LogP contribution in [0.15, 0.2) is 61.6 Å². The molecule has 0 aliphatic carbocycles. The molecule has 192 valence electrons. The summed E-state index contributed by atoms with van der Waals surface area (Å²) in [5.74, 6) is 1.44. The molecule has 2 N–H and O–H groups in total. The van der Waals surface area contributed by atoms with Crippen LogP contribution in [0.1, 0.15) is 29.9 Å². The second kappa shape index (κ2) is 9.67. The Hall–Kier alpha value is -4.64. The fourth-order valence-electron chi connectivity index (χ4n) is 4.91. The molecular weight excluding hydrogens is 482 g/mol. The monoisotopic (exact) mass is 509 g/mol. The highest BCUT2D eigenvalue weighted by molar-refractivity contribution is 6.12. The van der Waals surface area contributed by atoms with Crippen molar-refractivity contribution in [2.24, 2.45) is 0 Å². The number of carbonyl (C=O) groups excluding carboxylic acids is 1. The van der Waals surface area contributed by atoms with Gasteiger partial charge in [0.05, 0.1) is 23.1 Å². The molecule has 0 unspecified atom stereocenters. The van der Waals surface area contributed by atoms with Gasteiger partial charge < -0.3 is 24.7 Å². The lowest BCUT2D eigenvalue weighted by Crippen LogP contribution is -2.54. The van der Waals surface area contributed by atoms with Gasteiger partial charge >= 0.3 is 0 Å². The molecule has 1 amide bonds. The molecule has 2 atom stereocenters. The highest BCUT2D eigenvalue weighted by atomic mass is 16.5. The molecule has 0 bridgehead atoms. The number of carbonyl (C=O) groups is 1. The molecule has 6 rings (SSSR count). The van der Waals surface area contributed by atoms with E-state index in [2.05, 4.69) is 54.3 Å². The maximum atomic E-state index is 13.5. The summed E-state index contributed by atoms with van der Waals surface area (Å²) < 4.78 is 7.88. The lowest BCUT2D eigenvalue weighted by molar-refractivity contribution is 0.102. The van der Waals surface area contributed by atoms with Gasteiger partial charge in [-0.1, -0.05) is 0 Å². The van der Waals surface area contributed by atoms with E-state index in [9.17, 15) is 4.79 Å². The van der Waals surface area contributed by atoms with Gasteiger partial charge in [-0.05, 0) is 32.9 Å². The van der Waals surface area contributed by atoms with Crippen molar-refractivity contribution in [3.8, 4) is 11.5 Å². The largest absolute Gasteiger partial charge is 0.452 e. The number of hydrogen-bond donors (Lipinski definition) is 2. The first-order valence-corrected chi connectivity index (χ1v) is 12.4. The number of fused-ring (bicyclic) bond motifs is 2. The molecular formula is C27H27N9O2. The van der Waals surface area contributed by atoms with Gasteiger partial charge in [0.1, 0.15) is 16.8 Å². The molecule has 0 spiro atoms. The predicted molar refractivity (Wildman–Crippen MR) is 144 cm³/mol. The number of aromatic nitrogens is 6. The van der Waals surface area contributed by atoms with Gasteiger partial charge in [0.15, 0.2) is 17.2 Å². The fraction of sp³-hybridized carbons (Fsp3) is 0.259. The number of nitrogens with one attached hydrogen (secondary N) is 2. The van der Waals surface area contributed by atoms with E-state index in [1.165, 1.54) is 0 Å². The summed E-state index contributed by atoms with van der Waals surface area (Å²) in [6.45, 7) is 7.76. The SMILES string of the molecule is Cc1cn2cc(NC(=O)c3cnc(N4C[C@@H](C)N[C@@H](C)C4)c4nccnc34)cc(Oc3cccnc3)c2n1. The first kappa shape index (κ1) is 23.7. The van der Waals surface area contributed by atoms with Crippen molar-refractivity contribution >= 4 is 34.1 Å². The second-order valence-electron chi connectivity index (χ2n) is 9.57. The summed E-state index contributed by atoms with van der Waals surface area (Å²) in [5, 5.41) is 6.50. The number of piperazine rings is 1. The Labute approximate surface area is 218 Å². The van der Waals surface area contributed by atoms with Crippen molar-refractivity contribution in [2.75, 3.05) is 23.3 Å². The number of anilines is 2. The molecule has 11 heteroatoms. The average molecular weight is 510 g/mol. The summed E-state index contributed by atoms with van der Waals surface area (Å²) in [4.78, 5) is 38.1. The van der Waals surface area contributed by atoms with E-state index >= 15 is 0 Å². The van der Waals surface area contributed by atoms with E-state index in [1.54, 1.807) is 49.3 Å². The molecule has 11 nitrogen and oxygen atoms in total. The van der Waals surface area contributed by atoms with Crippen LogP contribution in [0.2, 0.25) is 0 Å². The first-order valence-electron chi connectivity index (χ1n) is 12.4. The normalized spacial score (nSPS) is 17.6. The number of amides is 1. The molecule has 0 aromatic carbocycles. The fourth-order valence-corrected chi connectivity index (χ4v) is 4.91. The molecule has 1 aliphatic rings. The van der Waals surface area contributed by atoms with Gasteiger partial charge in [-0.3, -0.25) is 14.8 Å². The number of imidazole rings is 1. The van der Waals surface area contributed by atoms with E-state index in [4.69, 9.17) is 4.74 Å². The van der Waals surface area contributed by atoms with Gasteiger partial charge in [-0.25, -0.2) is 15.0 Å². The highest BCUT2D eigenvalue weighted by Gasteiger charge is 2.26. The van der Waals surface area contributed by atoms with Crippen molar-refractivity contribution in [1.82, 2.24) is 34.6 Å². The zero-order valence-electron chi connectivity index (χ0n) is 21.3. The van der Waals surface area contributed by atoms with Crippen molar-refractivity contribution < 1.29 is 9.53 Å². The minimum Gasteiger partial charge on any atom is -0.452 e. The van der Waals surface area contributed by atoms with Crippen LogP contribution in [-0.2, 0) is 0 Å². The maximum absolute atomic E-state index is 13.5. The van der Waals surface area contributed by atoms with Crippen LogP contribution in [0, 0.1) is 6.92 Å². The minimum atomic E-state index is -0.347. The quantitative estimate of drug-likeness (QED) is 0.366. The summed E-state index contributed by atoms with van der Waals surface area (Å²) in [6, 6.07) is 5.95. The Morgan fingerprint density at radius 1 is 1.05 bits per heavy atom. The molecule has 0 radical (unpaired) electrons. The topological polar surface area (TPSA) is 122 Å². The van der Waals surface area contributed by atoms with Gasteiger partial charge in [0.25, 0.3) is 5.91 Å². The Bertz CT molecular complexity index is 1630. The van der Waals surface area contributed by atoms with Gasteiger partial charge in [-0.15, -0.1) is 0 Å². The van der Waals surface area contributed by atoms with Crippen LogP contribution in [-0.4, -0.2) is 60.4 Å². The van der Waals surface area contributed by atoms with Crippen molar-refractivity contribution in [3.63, 3.8) is 0 Å². The summed E-state index contributed by atoms with van der Waals surface area (Å²) in [5.41, 5.74) is 3.42. The molecule has 5 aromatic heterocycles. The number of aryl methyl sites for hydroxylation is 1. The molecule has 1 saturated heterocycles. The first-order chi connectivity index (χ1) is 18.4. The highest BCUT2D eigenvalue weighted by Crippen LogP contribution is 2.30. The lowest BCUT2D eigenvalue weighted by Gasteiger charge is -2.37. The van der Waals surface area contributed by atoms with E-state index in [0.717, 1.165) is 24.6 Å². The molecule has 5 aromatic rings. The number of ether oxygens (including phenoxy) is 1. The average Bonchev–Trinajstić information content (AvgIpc) is 3.28. The van der Waals surface area contributed by atoms with Crippen LogP contribution in [0.4, 0.5) is 11.5 Å². The summed E-state index contributed by atoms with van der Waals surface area (Å²) in [7, 11) is 0. The number of rotatable bonds is 5. The Morgan fingerprint density at radius 3 is 2.61 bits per heavy atom. The van der Waals surface area contributed by atoms with Crippen molar-refractivity contribution in [3.05, 3.63) is 72.8 Å². The van der Waals surface area contributed by atoms with Crippen LogP contribution in [0.25, 0.3) is 16.7 Å². The molecule has 1 fully saturated rings. The minimum absolute atomic E-state index is 0.306. The van der Waals surface area contributed by atoms with Crippen molar-refractivity contribution in [1.29, 1.82) is 0 Å². The standard InChI is InChI=1S/C27H27N9O2/c1-16-12-35(13-17(2)32-16)26-24-23(29-7-8-30-24)21(11-31-26)27(37)34-19-9-22(38-20-5-4-6-28-10-20)25-33-18(3)14-36(25)15-19/h4-11,14-17,32H,12-13H2,1-3H3,(H,34,37)/t16-,17+. The van der Waals surface area contributed by atoms with Crippen LogP contribution < -0.4 is 20.3 Å². The van der Waals surface area contributed by atoms with E-state index in [0.29, 0.717) is 51.5 Å². The van der Waals surface area contributed by atoms with Crippen LogP contribution >= 0.6 is 0 Å². The van der Waals surface area contributed by atoms with Crippen LogP contribution in [0.3, 0.4) is 0 Å². The van der Waals surface area contributed by atoms with Gasteiger partial charge in [0, 0.05) is 68.4 Å².